The molecule has 0 saturated carbocycles. The molecule has 6 nitrogen and oxygen atoms in total. The SMILES string of the molecule is CCCCOCCCNC(=O)NC1CC(=O)N(C(C)c2ccccc2)C1. The van der Waals surface area contributed by atoms with Crippen LogP contribution in [0, 0.1) is 0 Å². The molecule has 0 spiro atoms. The monoisotopic (exact) mass is 361 g/mol. The number of amides is 3. The van der Waals surface area contributed by atoms with Gasteiger partial charge in [0.05, 0.1) is 12.1 Å². The molecular formula is C20H31N3O3. The fourth-order valence-electron chi connectivity index (χ4n) is 3.08. The van der Waals surface area contributed by atoms with Gasteiger partial charge in [0.25, 0.3) is 0 Å². The van der Waals surface area contributed by atoms with Gasteiger partial charge in [0.15, 0.2) is 0 Å². The molecule has 1 aliphatic rings. The Bertz CT molecular complexity index is 565. The van der Waals surface area contributed by atoms with E-state index in [-0.39, 0.29) is 24.0 Å². The van der Waals surface area contributed by atoms with Gasteiger partial charge in [-0.2, -0.15) is 0 Å². The molecule has 0 aromatic heterocycles. The van der Waals surface area contributed by atoms with Crippen LogP contribution < -0.4 is 10.6 Å². The van der Waals surface area contributed by atoms with E-state index in [1.165, 1.54) is 0 Å². The highest BCUT2D eigenvalue weighted by Gasteiger charge is 2.33. The summed E-state index contributed by atoms with van der Waals surface area (Å²) in [5.74, 6) is 0.0796. The highest BCUT2D eigenvalue weighted by Crippen LogP contribution is 2.25. The number of ether oxygens (including phenoxy) is 1. The van der Waals surface area contributed by atoms with Crippen LogP contribution in [0.1, 0.15) is 51.1 Å². The molecule has 0 radical (unpaired) electrons. The molecule has 2 rings (SSSR count). The lowest BCUT2D eigenvalue weighted by atomic mass is 10.1. The first-order valence-electron chi connectivity index (χ1n) is 9.58. The number of hydrogen-bond acceptors (Lipinski definition) is 3. The molecule has 1 fully saturated rings. The molecule has 0 aliphatic carbocycles. The Morgan fingerprint density at radius 1 is 1.27 bits per heavy atom. The molecule has 2 N–H and O–H groups in total. The van der Waals surface area contributed by atoms with Gasteiger partial charge in [0.1, 0.15) is 0 Å². The van der Waals surface area contributed by atoms with Crippen LogP contribution in [0.15, 0.2) is 30.3 Å². The van der Waals surface area contributed by atoms with E-state index in [1.807, 2.05) is 42.2 Å². The number of nitrogens with one attached hydrogen (secondary N) is 2. The van der Waals surface area contributed by atoms with E-state index in [4.69, 9.17) is 4.74 Å². The predicted octanol–water partition coefficient (Wildman–Crippen LogP) is 2.85. The van der Waals surface area contributed by atoms with Gasteiger partial charge < -0.3 is 20.3 Å². The Morgan fingerprint density at radius 2 is 2.00 bits per heavy atom. The van der Waals surface area contributed by atoms with Gasteiger partial charge in [-0.1, -0.05) is 43.7 Å². The maximum atomic E-state index is 12.3. The average Bonchev–Trinajstić information content (AvgIpc) is 3.01. The zero-order valence-electron chi connectivity index (χ0n) is 15.9. The van der Waals surface area contributed by atoms with Gasteiger partial charge in [-0.25, -0.2) is 4.79 Å². The zero-order chi connectivity index (χ0) is 18.8. The standard InChI is InChI=1S/C20H31N3O3/c1-3-4-12-26-13-8-11-21-20(25)22-18-14-19(24)23(15-18)16(2)17-9-6-5-7-10-17/h5-7,9-10,16,18H,3-4,8,11-15H2,1-2H3,(H2,21,22,25). The van der Waals surface area contributed by atoms with E-state index in [2.05, 4.69) is 17.6 Å². The quantitative estimate of drug-likeness (QED) is 0.630. The molecule has 144 valence electrons. The Labute approximate surface area is 156 Å². The van der Waals surface area contributed by atoms with Crippen molar-refractivity contribution in [2.75, 3.05) is 26.3 Å². The first-order valence-corrected chi connectivity index (χ1v) is 9.58. The third kappa shape index (κ3) is 6.33. The molecular weight excluding hydrogens is 330 g/mol. The molecule has 2 unspecified atom stereocenters. The van der Waals surface area contributed by atoms with Crippen molar-refractivity contribution in [1.29, 1.82) is 0 Å². The lowest BCUT2D eigenvalue weighted by Crippen LogP contribution is -2.43. The van der Waals surface area contributed by atoms with Crippen molar-refractivity contribution < 1.29 is 14.3 Å². The average molecular weight is 361 g/mol. The molecule has 1 saturated heterocycles. The minimum absolute atomic E-state index is 0.0128. The second-order valence-electron chi connectivity index (χ2n) is 6.75. The maximum Gasteiger partial charge on any atom is 0.315 e. The summed E-state index contributed by atoms with van der Waals surface area (Å²) < 4.78 is 5.46. The summed E-state index contributed by atoms with van der Waals surface area (Å²) in [7, 11) is 0. The number of rotatable bonds is 10. The van der Waals surface area contributed by atoms with Crippen LogP contribution in [0.2, 0.25) is 0 Å². The van der Waals surface area contributed by atoms with Gasteiger partial charge in [0, 0.05) is 32.7 Å². The molecule has 3 amide bonds. The van der Waals surface area contributed by atoms with E-state index in [0.717, 1.165) is 31.4 Å². The number of carbonyl (C=O) groups is 2. The fourth-order valence-corrected chi connectivity index (χ4v) is 3.08. The first kappa shape index (κ1) is 20.2. The van der Waals surface area contributed by atoms with Gasteiger partial charge in [-0.15, -0.1) is 0 Å². The normalized spacial score (nSPS) is 18.0. The molecule has 1 heterocycles. The Hall–Kier alpha value is -2.08. The van der Waals surface area contributed by atoms with E-state index < -0.39 is 0 Å². The van der Waals surface area contributed by atoms with E-state index >= 15 is 0 Å². The summed E-state index contributed by atoms with van der Waals surface area (Å²) in [6, 6.07) is 9.61. The summed E-state index contributed by atoms with van der Waals surface area (Å²) in [6.07, 6.45) is 3.34. The number of carbonyl (C=O) groups excluding carboxylic acids is 2. The fraction of sp³-hybridized carbons (Fsp3) is 0.600. The summed E-state index contributed by atoms with van der Waals surface area (Å²) >= 11 is 0. The number of likely N-dealkylation sites (tertiary alicyclic amines) is 1. The molecule has 1 aromatic carbocycles. The molecule has 2 atom stereocenters. The van der Waals surface area contributed by atoms with Crippen molar-refractivity contribution in [1.82, 2.24) is 15.5 Å². The van der Waals surface area contributed by atoms with Crippen molar-refractivity contribution in [3.05, 3.63) is 35.9 Å². The van der Waals surface area contributed by atoms with E-state index in [9.17, 15) is 9.59 Å². The van der Waals surface area contributed by atoms with Crippen molar-refractivity contribution >= 4 is 11.9 Å². The molecule has 0 bridgehead atoms. The van der Waals surface area contributed by atoms with Gasteiger partial charge >= 0.3 is 6.03 Å². The second-order valence-corrected chi connectivity index (χ2v) is 6.75. The Kier molecular flexibility index (Phi) is 8.41. The molecule has 1 aromatic rings. The van der Waals surface area contributed by atoms with E-state index in [0.29, 0.717) is 26.1 Å². The number of unbranched alkanes of at least 4 members (excludes halogenated alkanes) is 1. The molecule has 6 heteroatoms. The van der Waals surface area contributed by atoms with Crippen molar-refractivity contribution in [2.24, 2.45) is 0 Å². The highest BCUT2D eigenvalue weighted by molar-refractivity contribution is 5.82. The van der Waals surface area contributed by atoms with Gasteiger partial charge in [0.2, 0.25) is 5.91 Å². The van der Waals surface area contributed by atoms with Crippen molar-refractivity contribution in [2.45, 2.75) is 51.6 Å². The van der Waals surface area contributed by atoms with Crippen LogP contribution in [-0.4, -0.2) is 49.2 Å². The van der Waals surface area contributed by atoms with Crippen LogP contribution in [0.3, 0.4) is 0 Å². The maximum absolute atomic E-state index is 12.3. The third-order valence-corrected chi connectivity index (χ3v) is 4.64. The zero-order valence-corrected chi connectivity index (χ0v) is 15.9. The Balaban J connectivity index is 1.67. The third-order valence-electron chi connectivity index (χ3n) is 4.64. The summed E-state index contributed by atoms with van der Waals surface area (Å²) in [6.45, 7) is 6.71. The van der Waals surface area contributed by atoms with Crippen LogP contribution in [-0.2, 0) is 9.53 Å². The number of urea groups is 1. The van der Waals surface area contributed by atoms with Crippen molar-refractivity contribution in [3.8, 4) is 0 Å². The topological polar surface area (TPSA) is 70.7 Å². The lowest BCUT2D eigenvalue weighted by molar-refractivity contribution is -0.129. The van der Waals surface area contributed by atoms with Crippen LogP contribution in [0.25, 0.3) is 0 Å². The van der Waals surface area contributed by atoms with Crippen molar-refractivity contribution in [3.63, 3.8) is 0 Å². The summed E-state index contributed by atoms with van der Waals surface area (Å²) in [4.78, 5) is 26.1. The lowest BCUT2D eigenvalue weighted by Gasteiger charge is -2.25. The molecule has 1 aliphatic heterocycles. The number of nitrogens with zero attached hydrogens (tertiary/aromatic N) is 1. The smallest absolute Gasteiger partial charge is 0.315 e. The van der Waals surface area contributed by atoms with Gasteiger partial charge in [-0.05, 0) is 25.3 Å². The summed E-state index contributed by atoms with van der Waals surface area (Å²) in [5, 5.41) is 5.73. The van der Waals surface area contributed by atoms with Crippen LogP contribution in [0.5, 0.6) is 0 Å². The van der Waals surface area contributed by atoms with Gasteiger partial charge in [-0.3, -0.25) is 4.79 Å². The van der Waals surface area contributed by atoms with Crippen LogP contribution in [0.4, 0.5) is 4.79 Å². The Morgan fingerprint density at radius 3 is 2.73 bits per heavy atom. The minimum Gasteiger partial charge on any atom is -0.381 e. The first-order chi connectivity index (χ1) is 12.6. The van der Waals surface area contributed by atoms with E-state index in [1.54, 1.807) is 0 Å². The predicted molar refractivity (Wildman–Crippen MR) is 102 cm³/mol. The largest absolute Gasteiger partial charge is 0.381 e. The highest BCUT2D eigenvalue weighted by atomic mass is 16.5. The second kappa shape index (κ2) is 10.8. The van der Waals surface area contributed by atoms with Crippen LogP contribution >= 0.6 is 0 Å². The summed E-state index contributed by atoms with van der Waals surface area (Å²) in [5.41, 5.74) is 1.11. The minimum atomic E-state index is -0.217. The molecule has 26 heavy (non-hydrogen) atoms. The number of benzene rings is 1. The number of hydrogen-bond donors (Lipinski definition) is 2.